The highest BCUT2D eigenvalue weighted by Gasteiger charge is 2.08. The molecule has 1 aromatic carbocycles. The predicted octanol–water partition coefficient (Wildman–Crippen LogP) is 2.98. The molecule has 1 N–H and O–H groups in total. The lowest BCUT2D eigenvalue weighted by Crippen LogP contribution is -2.04. The van der Waals surface area contributed by atoms with Crippen LogP contribution in [0.4, 0.5) is 5.95 Å². The van der Waals surface area contributed by atoms with Crippen molar-refractivity contribution in [2.24, 2.45) is 7.05 Å². The van der Waals surface area contributed by atoms with Gasteiger partial charge >= 0.3 is 0 Å². The van der Waals surface area contributed by atoms with Gasteiger partial charge in [-0.05, 0) is 36.8 Å². The number of aryl methyl sites for hydroxylation is 2. The van der Waals surface area contributed by atoms with Crippen molar-refractivity contribution in [2.45, 2.75) is 13.5 Å². The number of nitrogens with one attached hydrogen (secondary N) is 1. The molecule has 0 aliphatic heterocycles. The van der Waals surface area contributed by atoms with Gasteiger partial charge < -0.3 is 5.32 Å². The van der Waals surface area contributed by atoms with Crippen LogP contribution in [-0.4, -0.2) is 29.5 Å². The summed E-state index contributed by atoms with van der Waals surface area (Å²) in [5.41, 5.74) is 5.01. The van der Waals surface area contributed by atoms with E-state index >= 15 is 0 Å². The molecule has 3 heterocycles. The molecule has 7 nitrogen and oxygen atoms in total. The smallest absolute Gasteiger partial charge is 0.223 e. The summed E-state index contributed by atoms with van der Waals surface area (Å²) in [6.45, 7) is 2.63. The van der Waals surface area contributed by atoms with Crippen LogP contribution >= 0.6 is 0 Å². The van der Waals surface area contributed by atoms with E-state index < -0.39 is 0 Å². The summed E-state index contributed by atoms with van der Waals surface area (Å²) < 4.78 is 3.63. The minimum Gasteiger partial charge on any atom is -0.350 e. The van der Waals surface area contributed by atoms with Gasteiger partial charge in [0.15, 0.2) is 0 Å². The Morgan fingerprint density at radius 1 is 1.08 bits per heavy atom. The lowest BCUT2D eigenvalue weighted by atomic mass is 10.2. The van der Waals surface area contributed by atoms with Crippen molar-refractivity contribution < 1.29 is 0 Å². The van der Waals surface area contributed by atoms with Crippen molar-refractivity contribution >= 4 is 5.95 Å². The molecule has 0 bridgehead atoms. The van der Waals surface area contributed by atoms with Gasteiger partial charge in [-0.25, -0.2) is 14.6 Å². The molecule has 0 unspecified atom stereocenters. The van der Waals surface area contributed by atoms with E-state index in [0.29, 0.717) is 12.5 Å². The van der Waals surface area contributed by atoms with E-state index in [0.717, 1.165) is 28.2 Å². The zero-order chi connectivity index (χ0) is 17.9. The van der Waals surface area contributed by atoms with E-state index in [1.165, 1.54) is 0 Å². The standard InChI is InChI=1S/C19H19N7/c1-14-17(13-25(2)24-14)18-8-10-20-19(23-18)21-12-15-4-6-16(7-5-15)26-11-3-9-22-26/h3-11,13H,12H2,1-2H3,(H,20,21,23). The minimum absolute atomic E-state index is 0.599. The first-order valence-corrected chi connectivity index (χ1v) is 8.35. The van der Waals surface area contributed by atoms with Gasteiger partial charge in [-0.15, -0.1) is 0 Å². The Hall–Kier alpha value is -3.48. The maximum absolute atomic E-state index is 4.60. The molecule has 0 amide bonds. The number of hydrogen-bond acceptors (Lipinski definition) is 5. The predicted molar refractivity (Wildman–Crippen MR) is 99.9 cm³/mol. The second kappa shape index (κ2) is 6.79. The van der Waals surface area contributed by atoms with Crippen molar-refractivity contribution in [3.8, 4) is 16.9 Å². The number of hydrogen-bond donors (Lipinski definition) is 1. The Balaban J connectivity index is 1.46. The van der Waals surface area contributed by atoms with Gasteiger partial charge in [0, 0.05) is 43.9 Å². The third-order valence-corrected chi connectivity index (χ3v) is 4.10. The SMILES string of the molecule is Cc1nn(C)cc1-c1ccnc(NCc2ccc(-n3cccn3)cc2)n1. The van der Waals surface area contributed by atoms with Gasteiger partial charge in [-0.2, -0.15) is 10.2 Å². The van der Waals surface area contributed by atoms with E-state index in [-0.39, 0.29) is 0 Å². The fraction of sp³-hybridized carbons (Fsp3) is 0.158. The largest absolute Gasteiger partial charge is 0.350 e. The Morgan fingerprint density at radius 3 is 2.62 bits per heavy atom. The number of rotatable bonds is 5. The van der Waals surface area contributed by atoms with Gasteiger partial charge in [0.1, 0.15) is 0 Å². The van der Waals surface area contributed by atoms with E-state index in [4.69, 9.17) is 0 Å². The molecule has 3 aromatic heterocycles. The zero-order valence-electron chi connectivity index (χ0n) is 14.7. The van der Waals surface area contributed by atoms with Crippen LogP contribution in [0.3, 0.4) is 0 Å². The van der Waals surface area contributed by atoms with Crippen molar-refractivity contribution in [1.29, 1.82) is 0 Å². The maximum atomic E-state index is 4.60. The molecule has 0 spiro atoms. The molecule has 0 fully saturated rings. The average Bonchev–Trinajstić information content (AvgIpc) is 3.30. The van der Waals surface area contributed by atoms with Crippen LogP contribution in [0.1, 0.15) is 11.3 Å². The highest BCUT2D eigenvalue weighted by atomic mass is 15.3. The van der Waals surface area contributed by atoms with Crippen LogP contribution in [0.25, 0.3) is 16.9 Å². The average molecular weight is 345 g/mol. The zero-order valence-corrected chi connectivity index (χ0v) is 14.7. The number of anilines is 1. The van der Waals surface area contributed by atoms with Gasteiger partial charge in [-0.3, -0.25) is 4.68 Å². The summed E-state index contributed by atoms with van der Waals surface area (Å²) in [5, 5.41) is 11.9. The van der Waals surface area contributed by atoms with E-state index in [1.54, 1.807) is 17.1 Å². The molecule has 0 atom stereocenters. The lowest BCUT2D eigenvalue weighted by molar-refractivity contribution is 0.756. The Kier molecular flexibility index (Phi) is 4.18. The fourth-order valence-corrected chi connectivity index (χ4v) is 2.81. The number of nitrogens with zero attached hydrogens (tertiary/aromatic N) is 6. The summed E-state index contributed by atoms with van der Waals surface area (Å²) in [5.74, 6) is 0.599. The highest BCUT2D eigenvalue weighted by molar-refractivity contribution is 5.61. The molecule has 0 saturated heterocycles. The first kappa shape index (κ1) is 16.0. The second-order valence-electron chi connectivity index (χ2n) is 6.04. The lowest BCUT2D eigenvalue weighted by Gasteiger charge is -2.07. The molecule has 0 aliphatic carbocycles. The van der Waals surface area contributed by atoms with Crippen LogP contribution in [0.15, 0.2) is 61.2 Å². The van der Waals surface area contributed by atoms with E-state index in [2.05, 4.69) is 37.6 Å². The summed E-state index contributed by atoms with van der Waals surface area (Å²) in [4.78, 5) is 8.91. The van der Waals surface area contributed by atoms with Crippen molar-refractivity contribution in [3.63, 3.8) is 0 Å². The fourth-order valence-electron chi connectivity index (χ4n) is 2.81. The first-order chi connectivity index (χ1) is 12.7. The van der Waals surface area contributed by atoms with Crippen molar-refractivity contribution in [2.75, 3.05) is 5.32 Å². The van der Waals surface area contributed by atoms with Crippen LogP contribution in [0.2, 0.25) is 0 Å². The molecule has 130 valence electrons. The topological polar surface area (TPSA) is 73.5 Å². The molecule has 4 aromatic rings. The van der Waals surface area contributed by atoms with Crippen LogP contribution in [0.5, 0.6) is 0 Å². The van der Waals surface area contributed by atoms with Gasteiger partial charge in [0.25, 0.3) is 0 Å². The monoisotopic (exact) mass is 345 g/mol. The number of benzene rings is 1. The van der Waals surface area contributed by atoms with Crippen molar-refractivity contribution in [1.82, 2.24) is 29.5 Å². The highest BCUT2D eigenvalue weighted by Crippen LogP contribution is 2.20. The second-order valence-corrected chi connectivity index (χ2v) is 6.04. The van der Waals surface area contributed by atoms with Crippen LogP contribution < -0.4 is 5.32 Å². The molecular formula is C19H19N7. The van der Waals surface area contributed by atoms with Gasteiger partial charge in [0.05, 0.1) is 17.1 Å². The Labute approximate surface area is 151 Å². The molecule has 26 heavy (non-hydrogen) atoms. The molecule has 7 heteroatoms. The Morgan fingerprint density at radius 2 is 1.92 bits per heavy atom. The van der Waals surface area contributed by atoms with Gasteiger partial charge in [-0.1, -0.05) is 12.1 Å². The maximum Gasteiger partial charge on any atom is 0.223 e. The normalized spacial score (nSPS) is 10.8. The molecular weight excluding hydrogens is 326 g/mol. The summed E-state index contributed by atoms with van der Waals surface area (Å²) in [7, 11) is 1.91. The summed E-state index contributed by atoms with van der Waals surface area (Å²) in [6.07, 6.45) is 7.42. The van der Waals surface area contributed by atoms with Crippen LogP contribution in [0, 0.1) is 6.92 Å². The van der Waals surface area contributed by atoms with Crippen molar-refractivity contribution in [3.05, 3.63) is 72.4 Å². The molecule has 0 radical (unpaired) electrons. The van der Waals surface area contributed by atoms with E-state index in [1.807, 2.05) is 55.3 Å². The van der Waals surface area contributed by atoms with E-state index in [9.17, 15) is 0 Å². The Bertz CT molecular complexity index is 1000. The number of aromatic nitrogens is 6. The third kappa shape index (κ3) is 3.32. The minimum atomic E-state index is 0.599. The molecule has 4 rings (SSSR count). The molecule has 0 aliphatic rings. The summed E-state index contributed by atoms with van der Waals surface area (Å²) >= 11 is 0. The summed E-state index contributed by atoms with van der Waals surface area (Å²) in [6, 6.07) is 12.0. The third-order valence-electron chi connectivity index (χ3n) is 4.10. The van der Waals surface area contributed by atoms with Crippen LogP contribution in [-0.2, 0) is 13.6 Å². The molecule has 0 saturated carbocycles. The van der Waals surface area contributed by atoms with Gasteiger partial charge in [0.2, 0.25) is 5.95 Å². The first-order valence-electron chi connectivity index (χ1n) is 8.35. The quantitative estimate of drug-likeness (QED) is 0.602.